The lowest BCUT2D eigenvalue weighted by molar-refractivity contribution is -0.163. The average molecular weight is 290 g/mol. The van der Waals surface area contributed by atoms with Gasteiger partial charge in [0.2, 0.25) is 0 Å². The van der Waals surface area contributed by atoms with Crippen LogP contribution in [0.3, 0.4) is 0 Å². The van der Waals surface area contributed by atoms with E-state index in [1.54, 1.807) is 0 Å². The summed E-state index contributed by atoms with van der Waals surface area (Å²) in [6, 6.07) is 10.5. The molecule has 0 saturated heterocycles. The van der Waals surface area contributed by atoms with Gasteiger partial charge >= 0.3 is 5.97 Å². The van der Waals surface area contributed by atoms with E-state index in [9.17, 15) is 9.90 Å². The third-order valence-electron chi connectivity index (χ3n) is 5.87. The summed E-state index contributed by atoms with van der Waals surface area (Å²) in [5, 5.41) is 11.1. The van der Waals surface area contributed by atoms with Crippen LogP contribution in [0.4, 0.5) is 0 Å². The first-order valence-corrected chi connectivity index (χ1v) is 9.29. The number of carboxylic acid groups (broad SMARTS) is 1. The third-order valence-corrected chi connectivity index (χ3v) is 8.51. The molecule has 1 unspecified atom stereocenters. The molecular weight excluding hydrogens is 267 g/mol. The minimum atomic E-state index is -0.573. The van der Waals surface area contributed by atoms with Gasteiger partial charge in [-0.25, -0.2) is 0 Å². The van der Waals surface area contributed by atoms with Crippen molar-refractivity contribution in [3.05, 3.63) is 30.3 Å². The molecule has 2 nitrogen and oxygen atoms in total. The molecule has 3 heteroatoms. The zero-order chi connectivity index (χ0) is 14.5. The van der Waals surface area contributed by atoms with E-state index in [0.29, 0.717) is 11.6 Å². The van der Waals surface area contributed by atoms with Gasteiger partial charge in [0, 0.05) is 0 Å². The number of fused-ring (bicyclic) bond motifs is 2. The predicted molar refractivity (Wildman–Crippen MR) is 83.8 cm³/mol. The summed E-state index contributed by atoms with van der Waals surface area (Å²) in [5.74, 6) is 0.377. The smallest absolute Gasteiger partial charge is 0.307 e. The van der Waals surface area contributed by atoms with Crippen molar-refractivity contribution in [1.29, 1.82) is 0 Å². The first-order valence-electron chi connectivity index (χ1n) is 7.43. The number of carbonyl (C=O) groups is 1. The van der Waals surface area contributed by atoms with E-state index in [1.165, 1.54) is 5.30 Å². The average Bonchev–Trinajstić information content (AvgIpc) is 2.46. The molecule has 1 N–H and O–H groups in total. The highest BCUT2D eigenvalue weighted by atomic mass is 31.1. The molecule has 1 aromatic rings. The molecule has 5 atom stereocenters. The Balaban J connectivity index is 1.88. The Morgan fingerprint density at radius 3 is 2.45 bits per heavy atom. The van der Waals surface area contributed by atoms with Crippen LogP contribution >= 0.6 is 7.92 Å². The van der Waals surface area contributed by atoms with E-state index in [-0.39, 0.29) is 19.3 Å². The summed E-state index contributed by atoms with van der Waals surface area (Å²) in [4.78, 5) is 11.8. The third kappa shape index (κ3) is 2.00. The Kier molecular flexibility index (Phi) is 3.41. The van der Waals surface area contributed by atoms with Crippen molar-refractivity contribution in [2.75, 3.05) is 6.66 Å². The summed E-state index contributed by atoms with van der Waals surface area (Å²) in [5.41, 5.74) is 0.577. The fraction of sp³-hybridized carbons (Fsp3) is 0.588. The first-order chi connectivity index (χ1) is 9.43. The topological polar surface area (TPSA) is 37.3 Å². The van der Waals surface area contributed by atoms with Gasteiger partial charge in [-0.15, -0.1) is 0 Å². The number of hydrogen-bond donors (Lipinski definition) is 1. The summed E-state index contributed by atoms with van der Waals surface area (Å²) in [7, 11) is -0.384. The molecule has 0 aliphatic heterocycles. The van der Waals surface area contributed by atoms with Crippen molar-refractivity contribution in [2.45, 2.75) is 32.3 Å². The Morgan fingerprint density at radius 1 is 1.25 bits per heavy atom. The highest BCUT2D eigenvalue weighted by Crippen LogP contribution is 2.66. The number of benzene rings is 1. The van der Waals surface area contributed by atoms with E-state index in [1.807, 2.05) is 6.07 Å². The molecule has 0 aromatic heterocycles. The molecule has 2 bridgehead atoms. The van der Waals surface area contributed by atoms with Gasteiger partial charge in [0.05, 0.1) is 5.92 Å². The van der Waals surface area contributed by atoms with Gasteiger partial charge in [-0.1, -0.05) is 52.1 Å². The van der Waals surface area contributed by atoms with Gasteiger partial charge < -0.3 is 5.11 Å². The lowest BCUT2D eigenvalue weighted by atomic mass is 9.45. The van der Waals surface area contributed by atoms with E-state index in [2.05, 4.69) is 44.8 Å². The van der Waals surface area contributed by atoms with Crippen molar-refractivity contribution in [3.8, 4) is 0 Å². The molecular formula is C17H23O2P. The van der Waals surface area contributed by atoms with Crippen LogP contribution in [-0.2, 0) is 4.79 Å². The standard InChI is InChI=1S/C17H23O2P/c1-17(2)11-9-13(17)15(16(18)19)14(10-11)20(3)12-7-5-4-6-8-12/h4-8,11,13-15H,9-10H2,1-3H3,(H,18,19)/t11-,13+,14+,15+,20?/m1/s1. The van der Waals surface area contributed by atoms with Crippen molar-refractivity contribution in [2.24, 2.45) is 23.2 Å². The monoisotopic (exact) mass is 290 g/mol. The Hall–Kier alpha value is -0.880. The van der Waals surface area contributed by atoms with Crippen LogP contribution in [-0.4, -0.2) is 23.4 Å². The van der Waals surface area contributed by atoms with Crippen molar-refractivity contribution in [3.63, 3.8) is 0 Å². The second-order valence-electron chi connectivity index (χ2n) is 6.97. The molecule has 3 saturated carbocycles. The van der Waals surface area contributed by atoms with E-state index in [0.717, 1.165) is 18.8 Å². The molecule has 108 valence electrons. The molecule has 0 heterocycles. The first kappa shape index (κ1) is 14.1. The maximum absolute atomic E-state index is 11.8. The van der Waals surface area contributed by atoms with Crippen molar-refractivity contribution >= 4 is 19.2 Å². The van der Waals surface area contributed by atoms with E-state index >= 15 is 0 Å². The predicted octanol–water partition coefficient (Wildman–Crippen LogP) is 3.56. The molecule has 1 aromatic carbocycles. The van der Waals surface area contributed by atoms with Crippen molar-refractivity contribution in [1.82, 2.24) is 0 Å². The zero-order valence-corrected chi connectivity index (χ0v) is 13.3. The minimum absolute atomic E-state index is 0.147. The number of aliphatic carboxylic acids is 1. The van der Waals surface area contributed by atoms with Gasteiger partial charge in [-0.05, 0) is 47.7 Å². The van der Waals surface area contributed by atoms with Crippen LogP contribution in [0.5, 0.6) is 0 Å². The minimum Gasteiger partial charge on any atom is -0.481 e. The lowest BCUT2D eigenvalue weighted by Gasteiger charge is -2.62. The molecule has 0 spiro atoms. The molecule has 3 fully saturated rings. The van der Waals surface area contributed by atoms with Crippen LogP contribution in [0.15, 0.2) is 30.3 Å². The zero-order valence-electron chi connectivity index (χ0n) is 12.4. The number of rotatable bonds is 3. The molecule has 0 amide bonds. The summed E-state index contributed by atoms with van der Waals surface area (Å²) >= 11 is 0. The normalized spacial score (nSPS) is 36.0. The molecule has 3 aliphatic rings. The molecule has 3 aliphatic carbocycles. The highest BCUT2D eigenvalue weighted by Gasteiger charge is 2.60. The van der Waals surface area contributed by atoms with Gasteiger partial charge in [-0.2, -0.15) is 0 Å². The lowest BCUT2D eigenvalue weighted by Crippen LogP contribution is -2.59. The summed E-state index contributed by atoms with van der Waals surface area (Å²) in [6.07, 6.45) is 2.22. The van der Waals surface area contributed by atoms with Crippen LogP contribution < -0.4 is 5.30 Å². The fourth-order valence-corrected chi connectivity index (χ4v) is 6.78. The Morgan fingerprint density at radius 2 is 1.90 bits per heavy atom. The SMILES string of the molecule is CP(c1ccccc1)[C@H]1C[C@H]2C[C@@H]([C@@H]1C(=O)O)C2(C)C. The number of carboxylic acids is 1. The van der Waals surface area contributed by atoms with E-state index in [4.69, 9.17) is 0 Å². The highest BCUT2D eigenvalue weighted by molar-refractivity contribution is 7.65. The van der Waals surface area contributed by atoms with Crippen molar-refractivity contribution < 1.29 is 9.90 Å². The van der Waals surface area contributed by atoms with Gasteiger partial charge in [0.15, 0.2) is 0 Å². The second kappa shape index (κ2) is 4.84. The van der Waals surface area contributed by atoms with Gasteiger partial charge in [0.25, 0.3) is 0 Å². The van der Waals surface area contributed by atoms with Gasteiger partial charge in [0.1, 0.15) is 0 Å². The van der Waals surface area contributed by atoms with Gasteiger partial charge in [-0.3, -0.25) is 4.79 Å². The second-order valence-corrected chi connectivity index (χ2v) is 9.38. The fourth-order valence-electron chi connectivity index (χ4n) is 4.36. The summed E-state index contributed by atoms with van der Waals surface area (Å²) in [6.45, 7) is 6.79. The molecule has 0 radical (unpaired) electrons. The summed E-state index contributed by atoms with van der Waals surface area (Å²) < 4.78 is 0. The van der Waals surface area contributed by atoms with Crippen LogP contribution in [0.1, 0.15) is 26.7 Å². The number of hydrogen-bond acceptors (Lipinski definition) is 1. The Labute approximate surface area is 122 Å². The van der Waals surface area contributed by atoms with Crippen LogP contribution in [0.2, 0.25) is 0 Å². The van der Waals surface area contributed by atoms with Crippen LogP contribution in [0.25, 0.3) is 0 Å². The largest absolute Gasteiger partial charge is 0.481 e. The van der Waals surface area contributed by atoms with Crippen LogP contribution in [0, 0.1) is 23.2 Å². The quantitative estimate of drug-likeness (QED) is 0.864. The maximum Gasteiger partial charge on any atom is 0.307 e. The van der Waals surface area contributed by atoms with E-state index < -0.39 is 5.97 Å². The maximum atomic E-state index is 11.8. The molecule has 20 heavy (non-hydrogen) atoms. The molecule has 4 rings (SSSR count). The Bertz CT molecular complexity index is 511.